The fourth-order valence-corrected chi connectivity index (χ4v) is 4.96. The summed E-state index contributed by atoms with van der Waals surface area (Å²) < 4.78 is 13.3. The fourth-order valence-electron chi connectivity index (χ4n) is 4.59. The lowest BCUT2D eigenvalue weighted by atomic mass is 9.97. The molecule has 30 heavy (non-hydrogen) atoms. The van der Waals surface area contributed by atoms with Crippen LogP contribution in [0.5, 0.6) is 11.5 Å². The predicted molar refractivity (Wildman–Crippen MR) is 119 cm³/mol. The van der Waals surface area contributed by atoms with Crippen LogP contribution in [0.2, 0.25) is 0 Å². The first-order chi connectivity index (χ1) is 14.6. The molecule has 2 aromatic heterocycles. The molecular weight excluding hydrogens is 396 g/mol. The Morgan fingerprint density at radius 3 is 2.73 bits per heavy atom. The van der Waals surface area contributed by atoms with Crippen LogP contribution < -0.4 is 14.8 Å². The van der Waals surface area contributed by atoms with E-state index in [0.29, 0.717) is 0 Å². The molecule has 0 radical (unpaired) electrons. The summed E-state index contributed by atoms with van der Waals surface area (Å²) in [7, 11) is 0. The third-order valence-corrected chi connectivity index (χ3v) is 6.29. The van der Waals surface area contributed by atoms with Gasteiger partial charge in [-0.05, 0) is 68.9 Å². The minimum atomic E-state index is 0.00403. The van der Waals surface area contributed by atoms with Crippen LogP contribution in [-0.2, 0) is 0 Å². The van der Waals surface area contributed by atoms with Crippen LogP contribution in [0.15, 0.2) is 48.7 Å². The standard InChI is InChI=1S/C23H24N4O2S/c1-4-26-22(21(25-23(26)30)18-7-5-6-10-24-18)17-11-14(2)27(15(17)3)16-8-9-19-20(12-16)29-13-28-19/h5-12,21-22H,4,13H2,1-3H3,(H,25,30)/t21-,22-/m0/s1. The van der Waals surface area contributed by atoms with Crippen LogP contribution in [0.1, 0.15) is 41.7 Å². The molecule has 1 fully saturated rings. The quantitative estimate of drug-likeness (QED) is 0.638. The molecule has 4 heterocycles. The number of nitrogens with zero attached hydrogens (tertiary/aromatic N) is 3. The molecule has 154 valence electrons. The molecule has 1 aromatic carbocycles. The molecule has 7 heteroatoms. The minimum absolute atomic E-state index is 0.00403. The summed E-state index contributed by atoms with van der Waals surface area (Å²) in [6.45, 7) is 7.54. The number of aryl methyl sites for hydroxylation is 1. The average Bonchev–Trinajstić information content (AvgIpc) is 3.43. The lowest BCUT2D eigenvalue weighted by Crippen LogP contribution is -2.29. The minimum Gasteiger partial charge on any atom is -0.454 e. The highest BCUT2D eigenvalue weighted by molar-refractivity contribution is 7.80. The Hall–Kier alpha value is -3.06. The van der Waals surface area contributed by atoms with E-state index in [1.54, 1.807) is 0 Å². The van der Waals surface area contributed by atoms with Crippen molar-refractivity contribution in [3.05, 3.63) is 71.3 Å². The number of likely N-dealkylation sites (N-methyl/N-ethyl adjacent to an activating group) is 1. The van der Waals surface area contributed by atoms with Crippen molar-refractivity contribution < 1.29 is 9.47 Å². The van der Waals surface area contributed by atoms with E-state index in [9.17, 15) is 0 Å². The average molecular weight is 421 g/mol. The van der Waals surface area contributed by atoms with E-state index >= 15 is 0 Å². The maximum atomic E-state index is 5.67. The Labute approximate surface area is 181 Å². The summed E-state index contributed by atoms with van der Waals surface area (Å²) in [6.07, 6.45) is 1.83. The monoisotopic (exact) mass is 420 g/mol. The normalized spacial score (nSPS) is 20.0. The number of hydrogen-bond acceptors (Lipinski definition) is 4. The fraction of sp³-hybridized carbons (Fsp3) is 0.304. The van der Waals surface area contributed by atoms with E-state index in [0.717, 1.165) is 40.2 Å². The predicted octanol–water partition coefficient (Wildman–Crippen LogP) is 4.21. The van der Waals surface area contributed by atoms with Gasteiger partial charge in [-0.2, -0.15) is 0 Å². The summed E-state index contributed by atoms with van der Waals surface area (Å²) >= 11 is 5.67. The zero-order chi connectivity index (χ0) is 20.8. The van der Waals surface area contributed by atoms with Gasteiger partial charge in [0, 0.05) is 35.9 Å². The SMILES string of the molecule is CCN1C(=S)N[C@@H](c2ccccn2)[C@@H]1c1cc(C)n(-c2ccc3c(c2)OCO3)c1C. The second-order valence-electron chi connectivity index (χ2n) is 7.61. The first-order valence-electron chi connectivity index (χ1n) is 10.2. The van der Waals surface area contributed by atoms with Gasteiger partial charge in [0.15, 0.2) is 16.6 Å². The molecule has 3 aromatic rings. The van der Waals surface area contributed by atoms with Gasteiger partial charge in [0.05, 0.1) is 17.8 Å². The zero-order valence-electron chi connectivity index (χ0n) is 17.3. The summed E-state index contributed by atoms with van der Waals surface area (Å²) in [4.78, 5) is 6.86. The van der Waals surface area contributed by atoms with Crippen molar-refractivity contribution in [1.29, 1.82) is 0 Å². The topological polar surface area (TPSA) is 51.6 Å². The summed E-state index contributed by atoms with van der Waals surface area (Å²) in [5.74, 6) is 1.57. The van der Waals surface area contributed by atoms with Crippen LogP contribution >= 0.6 is 12.2 Å². The van der Waals surface area contributed by atoms with Crippen LogP contribution in [0.3, 0.4) is 0 Å². The zero-order valence-corrected chi connectivity index (χ0v) is 18.1. The summed E-state index contributed by atoms with van der Waals surface area (Å²) in [6, 6.07) is 14.4. The second kappa shape index (κ2) is 7.32. The summed E-state index contributed by atoms with van der Waals surface area (Å²) in [5.41, 5.74) is 5.65. The molecule has 1 saturated heterocycles. The molecule has 0 spiro atoms. The second-order valence-corrected chi connectivity index (χ2v) is 8.00. The number of rotatable bonds is 4. The van der Waals surface area contributed by atoms with Crippen molar-refractivity contribution in [2.24, 2.45) is 0 Å². The van der Waals surface area contributed by atoms with E-state index in [1.165, 1.54) is 11.3 Å². The molecule has 2 aliphatic rings. The number of hydrogen-bond donors (Lipinski definition) is 1. The molecule has 6 nitrogen and oxygen atoms in total. The maximum absolute atomic E-state index is 5.67. The van der Waals surface area contributed by atoms with Gasteiger partial charge in [-0.3, -0.25) is 4.98 Å². The third-order valence-electron chi connectivity index (χ3n) is 5.94. The smallest absolute Gasteiger partial charge is 0.231 e. The lowest BCUT2D eigenvalue weighted by molar-refractivity contribution is 0.174. The van der Waals surface area contributed by atoms with Gasteiger partial charge in [0.2, 0.25) is 6.79 Å². The maximum Gasteiger partial charge on any atom is 0.231 e. The lowest BCUT2D eigenvalue weighted by Gasteiger charge is -2.27. The Morgan fingerprint density at radius 1 is 1.13 bits per heavy atom. The van der Waals surface area contributed by atoms with Crippen LogP contribution in [0, 0.1) is 13.8 Å². The Balaban J connectivity index is 1.61. The van der Waals surface area contributed by atoms with Gasteiger partial charge in [0.25, 0.3) is 0 Å². The van der Waals surface area contributed by atoms with Crippen molar-refractivity contribution in [3.63, 3.8) is 0 Å². The molecule has 2 atom stereocenters. The summed E-state index contributed by atoms with van der Waals surface area (Å²) in [5, 5.41) is 4.27. The molecule has 0 aliphatic carbocycles. The number of fused-ring (bicyclic) bond motifs is 1. The highest BCUT2D eigenvalue weighted by Gasteiger charge is 2.40. The highest BCUT2D eigenvalue weighted by atomic mass is 32.1. The molecular formula is C23H24N4O2S. The number of nitrogens with one attached hydrogen (secondary N) is 1. The van der Waals surface area contributed by atoms with Crippen molar-refractivity contribution in [2.75, 3.05) is 13.3 Å². The molecule has 0 amide bonds. The van der Waals surface area contributed by atoms with Gasteiger partial charge in [-0.1, -0.05) is 6.07 Å². The molecule has 1 N–H and O–H groups in total. The van der Waals surface area contributed by atoms with Gasteiger partial charge < -0.3 is 24.3 Å². The van der Waals surface area contributed by atoms with Crippen LogP contribution in [0.4, 0.5) is 0 Å². The Bertz CT molecular complexity index is 1110. The Morgan fingerprint density at radius 2 is 1.97 bits per heavy atom. The van der Waals surface area contributed by atoms with E-state index in [2.05, 4.69) is 58.7 Å². The van der Waals surface area contributed by atoms with Crippen molar-refractivity contribution in [2.45, 2.75) is 32.9 Å². The number of ether oxygens (including phenoxy) is 2. The van der Waals surface area contributed by atoms with Gasteiger partial charge in [-0.15, -0.1) is 0 Å². The van der Waals surface area contributed by atoms with Crippen LogP contribution in [0.25, 0.3) is 5.69 Å². The molecule has 0 unspecified atom stereocenters. The van der Waals surface area contributed by atoms with Gasteiger partial charge >= 0.3 is 0 Å². The van der Waals surface area contributed by atoms with Gasteiger partial charge in [-0.25, -0.2) is 0 Å². The number of benzene rings is 1. The molecule has 2 aliphatic heterocycles. The first-order valence-corrected chi connectivity index (χ1v) is 10.6. The first kappa shape index (κ1) is 18.9. The van der Waals surface area contributed by atoms with E-state index in [1.807, 2.05) is 30.5 Å². The van der Waals surface area contributed by atoms with E-state index < -0.39 is 0 Å². The molecule has 0 bridgehead atoms. The van der Waals surface area contributed by atoms with Gasteiger partial charge in [0.1, 0.15) is 0 Å². The van der Waals surface area contributed by atoms with Crippen molar-refractivity contribution in [3.8, 4) is 17.2 Å². The van der Waals surface area contributed by atoms with Crippen molar-refractivity contribution >= 4 is 17.3 Å². The number of thiocarbonyl (C=S) groups is 1. The third kappa shape index (κ3) is 2.92. The Kier molecular flexibility index (Phi) is 4.62. The number of aromatic nitrogens is 2. The molecule has 0 saturated carbocycles. The van der Waals surface area contributed by atoms with Crippen molar-refractivity contribution in [1.82, 2.24) is 19.8 Å². The molecule has 5 rings (SSSR count). The van der Waals surface area contributed by atoms with E-state index in [4.69, 9.17) is 21.7 Å². The number of pyridine rings is 1. The van der Waals surface area contributed by atoms with E-state index in [-0.39, 0.29) is 18.9 Å². The highest BCUT2D eigenvalue weighted by Crippen LogP contribution is 2.42. The largest absolute Gasteiger partial charge is 0.454 e. The van der Waals surface area contributed by atoms with Crippen LogP contribution in [-0.4, -0.2) is 32.9 Å².